The first-order valence-corrected chi connectivity index (χ1v) is 4.94. The minimum Gasteiger partial charge on any atom is -0.381 e. The lowest BCUT2D eigenvalue weighted by atomic mass is 10.2. The van der Waals surface area contributed by atoms with Crippen LogP contribution in [0.2, 0.25) is 0 Å². The van der Waals surface area contributed by atoms with Crippen LogP contribution in [-0.4, -0.2) is 28.8 Å². The summed E-state index contributed by atoms with van der Waals surface area (Å²) >= 11 is 0. The van der Waals surface area contributed by atoms with Crippen molar-refractivity contribution in [2.45, 2.75) is 0 Å². The van der Waals surface area contributed by atoms with Crippen molar-refractivity contribution < 1.29 is 0 Å². The molecule has 16 heavy (non-hydrogen) atoms. The molecule has 4 heteroatoms. The maximum atomic E-state index is 9.10. The van der Waals surface area contributed by atoms with E-state index in [2.05, 4.69) is 11.2 Å². The Kier molecular flexibility index (Phi) is 2.61. The van der Waals surface area contributed by atoms with E-state index in [0.29, 0.717) is 5.70 Å². The van der Waals surface area contributed by atoms with Crippen LogP contribution in [-0.2, 0) is 0 Å². The molecular formula is C12H12N4. The van der Waals surface area contributed by atoms with Crippen molar-refractivity contribution in [2.24, 2.45) is 0 Å². The first kappa shape index (κ1) is 10.2. The third-order valence-corrected chi connectivity index (χ3v) is 2.20. The number of para-hydroxylation sites is 1. The molecule has 80 valence electrons. The molecule has 0 atom stereocenters. The third-order valence-electron chi connectivity index (χ3n) is 2.20. The zero-order valence-electron chi connectivity index (χ0n) is 9.25. The summed E-state index contributed by atoms with van der Waals surface area (Å²) in [6, 6.07) is 9.96. The molecule has 1 aromatic heterocycles. The number of hydrogen-bond donors (Lipinski definition) is 0. The Hall–Kier alpha value is -2.28. The van der Waals surface area contributed by atoms with Gasteiger partial charge in [-0.1, -0.05) is 18.2 Å². The molecule has 1 heterocycles. The van der Waals surface area contributed by atoms with Gasteiger partial charge in [-0.3, -0.25) is 0 Å². The van der Waals surface area contributed by atoms with Gasteiger partial charge in [0, 0.05) is 25.7 Å². The van der Waals surface area contributed by atoms with Crippen LogP contribution in [0.3, 0.4) is 0 Å². The van der Waals surface area contributed by atoms with Crippen molar-refractivity contribution in [1.29, 1.82) is 5.26 Å². The fraction of sp³-hybridized carbons (Fsp3) is 0.167. The topological polar surface area (TPSA) is 44.9 Å². The summed E-state index contributed by atoms with van der Waals surface area (Å²) < 4.78 is 1.65. The summed E-state index contributed by atoms with van der Waals surface area (Å²) in [6.07, 6.45) is 3.51. The molecule has 0 N–H and O–H groups in total. The highest BCUT2D eigenvalue weighted by atomic mass is 15.3. The highest BCUT2D eigenvalue weighted by Crippen LogP contribution is 2.16. The van der Waals surface area contributed by atoms with Gasteiger partial charge in [-0.25, -0.2) is 4.68 Å². The van der Waals surface area contributed by atoms with Crippen LogP contribution in [0.1, 0.15) is 0 Å². The summed E-state index contributed by atoms with van der Waals surface area (Å²) in [6.45, 7) is 0. The van der Waals surface area contributed by atoms with Crippen LogP contribution in [0, 0.1) is 11.3 Å². The van der Waals surface area contributed by atoms with Gasteiger partial charge in [0.1, 0.15) is 6.07 Å². The van der Waals surface area contributed by atoms with Crippen LogP contribution < -0.4 is 0 Å². The fourth-order valence-electron chi connectivity index (χ4n) is 1.54. The Morgan fingerprint density at radius 1 is 1.44 bits per heavy atom. The van der Waals surface area contributed by atoms with Crippen LogP contribution in [0.25, 0.3) is 16.6 Å². The average Bonchev–Trinajstić information content (AvgIpc) is 2.69. The first-order chi connectivity index (χ1) is 7.72. The molecule has 0 radical (unpaired) electrons. The number of hydrogen-bond acceptors (Lipinski definition) is 3. The molecule has 2 aromatic rings. The highest BCUT2D eigenvalue weighted by molar-refractivity contribution is 5.83. The SMILES string of the molecule is CN(C)/C=C(\C#N)n1ncc2ccccc21. The van der Waals surface area contributed by atoms with Gasteiger partial charge in [0.05, 0.1) is 11.7 Å². The summed E-state index contributed by atoms with van der Waals surface area (Å²) in [4.78, 5) is 1.83. The number of nitriles is 1. The molecular weight excluding hydrogens is 200 g/mol. The molecule has 1 aromatic carbocycles. The molecule has 0 aliphatic rings. The molecule has 0 amide bonds. The second-order valence-electron chi connectivity index (χ2n) is 3.70. The summed E-state index contributed by atoms with van der Waals surface area (Å²) in [5.74, 6) is 0. The van der Waals surface area contributed by atoms with E-state index in [-0.39, 0.29) is 0 Å². The normalized spacial score (nSPS) is 11.4. The predicted molar refractivity (Wildman–Crippen MR) is 63.3 cm³/mol. The average molecular weight is 212 g/mol. The number of aromatic nitrogens is 2. The maximum absolute atomic E-state index is 9.10. The van der Waals surface area contributed by atoms with Gasteiger partial charge in [0.15, 0.2) is 5.70 Å². The van der Waals surface area contributed by atoms with Crippen molar-refractivity contribution in [1.82, 2.24) is 14.7 Å². The standard InChI is InChI=1S/C12H12N4/c1-15(2)9-11(7-13)16-12-6-4-3-5-10(12)8-14-16/h3-6,8-9H,1-2H3/b11-9+. The largest absolute Gasteiger partial charge is 0.381 e. The lowest BCUT2D eigenvalue weighted by Gasteiger charge is -2.07. The number of allylic oxidation sites excluding steroid dienone is 1. The van der Waals surface area contributed by atoms with Gasteiger partial charge in [-0.2, -0.15) is 10.4 Å². The zero-order valence-corrected chi connectivity index (χ0v) is 9.25. The van der Waals surface area contributed by atoms with Crippen molar-refractivity contribution in [3.8, 4) is 6.07 Å². The Morgan fingerprint density at radius 2 is 2.19 bits per heavy atom. The minimum atomic E-state index is 0.506. The van der Waals surface area contributed by atoms with Crippen LogP contribution in [0.5, 0.6) is 0 Å². The lowest BCUT2D eigenvalue weighted by Crippen LogP contribution is -2.06. The smallest absolute Gasteiger partial charge is 0.158 e. The molecule has 0 unspecified atom stereocenters. The molecule has 0 saturated heterocycles. The predicted octanol–water partition coefficient (Wildman–Crippen LogP) is 1.92. The van der Waals surface area contributed by atoms with E-state index in [1.165, 1.54) is 0 Å². The Labute approximate surface area is 94.0 Å². The molecule has 2 rings (SSSR count). The third kappa shape index (κ3) is 1.75. The quantitative estimate of drug-likeness (QED) is 0.714. The van der Waals surface area contributed by atoms with Crippen molar-refractivity contribution in [2.75, 3.05) is 14.1 Å². The van der Waals surface area contributed by atoms with Crippen molar-refractivity contribution in [3.05, 3.63) is 36.7 Å². The lowest BCUT2D eigenvalue weighted by molar-refractivity contribution is 0.562. The van der Waals surface area contributed by atoms with Gasteiger partial charge in [0.2, 0.25) is 0 Å². The number of benzene rings is 1. The Bertz CT molecular complexity index is 572. The Morgan fingerprint density at radius 3 is 2.88 bits per heavy atom. The van der Waals surface area contributed by atoms with E-state index in [1.54, 1.807) is 17.1 Å². The second kappa shape index (κ2) is 4.07. The van der Waals surface area contributed by atoms with Gasteiger partial charge < -0.3 is 4.90 Å². The van der Waals surface area contributed by atoms with Gasteiger partial charge in [-0.15, -0.1) is 0 Å². The summed E-state index contributed by atoms with van der Waals surface area (Å²) in [7, 11) is 3.76. The summed E-state index contributed by atoms with van der Waals surface area (Å²) in [5.41, 5.74) is 1.45. The van der Waals surface area contributed by atoms with Crippen LogP contribution >= 0.6 is 0 Å². The molecule has 0 aliphatic carbocycles. The molecule has 0 bridgehead atoms. The first-order valence-electron chi connectivity index (χ1n) is 4.94. The molecule has 4 nitrogen and oxygen atoms in total. The van der Waals surface area contributed by atoms with E-state index in [1.807, 2.05) is 43.3 Å². The fourth-order valence-corrected chi connectivity index (χ4v) is 1.54. The van der Waals surface area contributed by atoms with E-state index < -0.39 is 0 Å². The summed E-state index contributed by atoms with van der Waals surface area (Å²) in [5, 5.41) is 14.3. The molecule has 0 fully saturated rings. The van der Waals surface area contributed by atoms with E-state index in [0.717, 1.165) is 10.9 Å². The highest BCUT2D eigenvalue weighted by Gasteiger charge is 2.06. The van der Waals surface area contributed by atoms with Gasteiger partial charge in [-0.05, 0) is 6.07 Å². The number of fused-ring (bicyclic) bond motifs is 1. The second-order valence-corrected chi connectivity index (χ2v) is 3.70. The van der Waals surface area contributed by atoms with E-state index in [9.17, 15) is 0 Å². The van der Waals surface area contributed by atoms with Crippen LogP contribution in [0.4, 0.5) is 0 Å². The minimum absolute atomic E-state index is 0.506. The monoisotopic (exact) mass is 212 g/mol. The molecule has 0 aliphatic heterocycles. The number of nitrogens with zero attached hydrogens (tertiary/aromatic N) is 4. The van der Waals surface area contributed by atoms with Crippen molar-refractivity contribution >= 4 is 16.6 Å². The number of rotatable bonds is 2. The van der Waals surface area contributed by atoms with Crippen molar-refractivity contribution in [3.63, 3.8) is 0 Å². The Balaban J connectivity index is 2.59. The van der Waals surface area contributed by atoms with Gasteiger partial charge in [0.25, 0.3) is 0 Å². The van der Waals surface area contributed by atoms with E-state index >= 15 is 0 Å². The van der Waals surface area contributed by atoms with Crippen LogP contribution in [0.15, 0.2) is 36.7 Å². The molecule has 0 saturated carbocycles. The molecule has 0 spiro atoms. The van der Waals surface area contributed by atoms with E-state index in [4.69, 9.17) is 5.26 Å². The van der Waals surface area contributed by atoms with Gasteiger partial charge >= 0.3 is 0 Å². The maximum Gasteiger partial charge on any atom is 0.158 e. The zero-order chi connectivity index (χ0) is 11.5.